The number of carboxylic acids is 1. The minimum Gasteiger partial charge on any atom is -0.478 e. The van der Waals surface area contributed by atoms with Gasteiger partial charge in [-0.1, -0.05) is 13.0 Å². The molecule has 4 heteroatoms. The molecule has 1 saturated carbocycles. The summed E-state index contributed by atoms with van der Waals surface area (Å²) in [5.74, 6) is 0.802. The van der Waals surface area contributed by atoms with Gasteiger partial charge >= 0.3 is 5.97 Å². The van der Waals surface area contributed by atoms with Crippen molar-refractivity contribution >= 4 is 17.0 Å². The van der Waals surface area contributed by atoms with Gasteiger partial charge in [-0.2, -0.15) is 0 Å². The van der Waals surface area contributed by atoms with Gasteiger partial charge in [0.2, 0.25) is 0 Å². The first kappa shape index (κ1) is 12.2. The Kier molecular flexibility index (Phi) is 2.81. The van der Waals surface area contributed by atoms with Crippen LogP contribution in [0.3, 0.4) is 0 Å². The first-order valence-corrected chi connectivity index (χ1v) is 6.86. The van der Waals surface area contributed by atoms with Gasteiger partial charge in [-0.15, -0.1) is 0 Å². The summed E-state index contributed by atoms with van der Waals surface area (Å²) in [7, 11) is 0. The van der Waals surface area contributed by atoms with E-state index in [0.717, 1.165) is 23.7 Å². The lowest BCUT2D eigenvalue weighted by Crippen LogP contribution is -2.10. The molecular weight excluding hydrogens is 240 g/mol. The van der Waals surface area contributed by atoms with Crippen molar-refractivity contribution in [3.8, 4) is 0 Å². The van der Waals surface area contributed by atoms with Crippen molar-refractivity contribution in [1.29, 1.82) is 0 Å². The van der Waals surface area contributed by atoms with Crippen molar-refractivity contribution in [2.24, 2.45) is 5.92 Å². The number of carbonyl (C=O) groups is 1. The molecule has 1 N–H and O–H groups in total. The fraction of sp³-hybridized carbons (Fsp3) is 0.467. The molecule has 0 aliphatic heterocycles. The molecule has 0 saturated heterocycles. The second kappa shape index (κ2) is 4.37. The predicted octanol–water partition coefficient (Wildman–Crippen LogP) is 3.27. The Bertz CT molecular complexity index is 641. The second-order valence-electron chi connectivity index (χ2n) is 5.31. The van der Waals surface area contributed by atoms with Crippen LogP contribution in [0.15, 0.2) is 18.2 Å². The Labute approximate surface area is 112 Å². The normalized spacial score (nSPS) is 16.7. The molecule has 1 fully saturated rings. The SMILES string of the molecule is CCc1nc2c(C(=O)O)cccc2n1C(C)C1CC1. The van der Waals surface area contributed by atoms with E-state index >= 15 is 0 Å². The summed E-state index contributed by atoms with van der Waals surface area (Å²) < 4.78 is 2.24. The number of hydrogen-bond donors (Lipinski definition) is 1. The maximum atomic E-state index is 11.3. The molecule has 0 amide bonds. The summed E-state index contributed by atoms with van der Waals surface area (Å²) in [4.78, 5) is 15.9. The highest BCUT2D eigenvalue weighted by molar-refractivity contribution is 6.01. The third-order valence-corrected chi connectivity index (χ3v) is 4.05. The average molecular weight is 258 g/mol. The van der Waals surface area contributed by atoms with Crippen LogP contribution in [0.1, 0.15) is 48.9 Å². The van der Waals surface area contributed by atoms with Gasteiger partial charge in [-0.25, -0.2) is 9.78 Å². The molecule has 1 aromatic heterocycles. The van der Waals surface area contributed by atoms with Crippen LogP contribution in [0.25, 0.3) is 11.0 Å². The summed E-state index contributed by atoms with van der Waals surface area (Å²) in [6, 6.07) is 5.82. The number of hydrogen-bond acceptors (Lipinski definition) is 2. The molecule has 100 valence electrons. The third-order valence-electron chi connectivity index (χ3n) is 4.05. The molecule has 2 aromatic rings. The lowest BCUT2D eigenvalue weighted by molar-refractivity contribution is 0.0699. The molecular formula is C15H18N2O2. The Balaban J connectivity index is 2.24. The maximum absolute atomic E-state index is 11.3. The van der Waals surface area contributed by atoms with E-state index in [1.165, 1.54) is 12.8 Å². The van der Waals surface area contributed by atoms with Crippen molar-refractivity contribution < 1.29 is 9.90 Å². The molecule has 1 aliphatic carbocycles. The lowest BCUT2D eigenvalue weighted by atomic mass is 10.1. The summed E-state index contributed by atoms with van der Waals surface area (Å²) in [5.41, 5.74) is 1.88. The number of nitrogens with zero attached hydrogens (tertiary/aromatic N) is 2. The van der Waals surface area contributed by atoms with Gasteiger partial charge in [0, 0.05) is 12.5 Å². The van der Waals surface area contributed by atoms with Crippen molar-refractivity contribution in [2.45, 2.75) is 39.2 Å². The van der Waals surface area contributed by atoms with Crippen LogP contribution >= 0.6 is 0 Å². The molecule has 0 spiro atoms. The second-order valence-corrected chi connectivity index (χ2v) is 5.31. The summed E-state index contributed by atoms with van der Waals surface area (Å²) in [5, 5.41) is 9.27. The minimum atomic E-state index is -0.906. The van der Waals surface area contributed by atoms with E-state index in [9.17, 15) is 9.90 Å². The zero-order valence-corrected chi connectivity index (χ0v) is 11.3. The van der Waals surface area contributed by atoms with Gasteiger partial charge in [-0.3, -0.25) is 0 Å². The summed E-state index contributed by atoms with van der Waals surface area (Å²) >= 11 is 0. The van der Waals surface area contributed by atoms with Crippen molar-refractivity contribution in [3.05, 3.63) is 29.6 Å². The number of rotatable bonds is 4. The molecule has 0 bridgehead atoms. The standard InChI is InChI=1S/C15H18N2O2/c1-3-13-16-14-11(15(18)19)5-4-6-12(14)17(13)9(2)10-7-8-10/h4-6,9-10H,3,7-8H2,1-2H3,(H,18,19). The van der Waals surface area contributed by atoms with E-state index in [2.05, 4.69) is 23.4 Å². The zero-order chi connectivity index (χ0) is 13.6. The molecule has 1 heterocycles. The van der Waals surface area contributed by atoms with Crippen LogP contribution in [0, 0.1) is 5.92 Å². The topological polar surface area (TPSA) is 55.1 Å². The van der Waals surface area contributed by atoms with E-state index in [4.69, 9.17) is 0 Å². The van der Waals surface area contributed by atoms with Gasteiger partial charge in [0.15, 0.2) is 0 Å². The van der Waals surface area contributed by atoms with Crippen LogP contribution in [-0.4, -0.2) is 20.6 Å². The number of fused-ring (bicyclic) bond motifs is 1. The molecule has 1 aliphatic rings. The predicted molar refractivity (Wildman–Crippen MR) is 73.5 cm³/mol. The highest BCUT2D eigenvalue weighted by Gasteiger charge is 2.31. The first-order chi connectivity index (χ1) is 9.13. The lowest BCUT2D eigenvalue weighted by Gasteiger charge is -2.16. The van der Waals surface area contributed by atoms with Crippen LogP contribution in [0.2, 0.25) is 0 Å². The highest BCUT2D eigenvalue weighted by atomic mass is 16.4. The number of aromatic carboxylic acids is 1. The Hall–Kier alpha value is -1.84. The van der Waals surface area contributed by atoms with Crippen molar-refractivity contribution in [1.82, 2.24) is 9.55 Å². The third kappa shape index (κ3) is 1.91. The van der Waals surface area contributed by atoms with Gasteiger partial charge < -0.3 is 9.67 Å². The zero-order valence-electron chi connectivity index (χ0n) is 11.3. The van der Waals surface area contributed by atoms with E-state index in [1.807, 2.05) is 12.1 Å². The van der Waals surface area contributed by atoms with E-state index in [-0.39, 0.29) is 0 Å². The van der Waals surface area contributed by atoms with Gasteiger partial charge in [0.05, 0.1) is 11.1 Å². The number of imidazole rings is 1. The molecule has 1 aromatic carbocycles. The molecule has 4 nitrogen and oxygen atoms in total. The summed E-state index contributed by atoms with van der Waals surface area (Å²) in [6.07, 6.45) is 3.36. The largest absolute Gasteiger partial charge is 0.478 e. The first-order valence-electron chi connectivity index (χ1n) is 6.86. The Morgan fingerprint density at radius 1 is 1.53 bits per heavy atom. The van der Waals surface area contributed by atoms with Gasteiger partial charge in [0.25, 0.3) is 0 Å². The summed E-state index contributed by atoms with van der Waals surface area (Å²) in [6.45, 7) is 4.28. The molecule has 3 rings (SSSR count). The van der Waals surface area contributed by atoms with Crippen LogP contribution in [0.4, 0.5) is 0 Å². The molecule has 1 unspecified atom stereocenters. The average Bonchev–Trinajstić information content (AvgIpc) is 3.17. The molecule has 19 heavy (non-hydrogen) atoms. The fourth-order valence-corrected chi connectivity index (χ4v) is 2.83. The Morgan fingerprint density at radius 3 is 2.84 bits per heavy atom. The van der Waals surface area contributed by atoms with Crippen molar-refractivity contribution in [3.63, 3.8) is 0 Å². The fourth-order valence-electron chi connectivity index (χ4n) is 2.83. The smallest absolute Gasteiger partial charge is 0.337 e. The number of carboxylic acid groups (broad SMARTS) is 1. The van der Waals surface area contributed by atoms with Crippen LogP contribution in [-0.2, 0) is 6.42 Å². The van der Waals surface area contributed by atoms with Gasteiger partial charge in [0.1, 0.15) is 11.3 Å². The number of para-hydroxylation sites is 1. The van der Waals surface area contributed by atoms with Crippen LogP contribution in [0.5, 0.6) is 0 Å². The van der Waals surface area contributed by atoms with E-state index in [1.54, 1.807) is 6.07 Å². The van der Waals surface area contributed by atoms with E-state index < -0.39 is 5.97 Å². The number of aryl methyl sites for hydroxylation is 1. The minimum absolute atomic E-state index is 0.300. The van der Waals surface area contributed by atoms with E-state index in [0.29, 0.717) is 17.1 Å². The molecule has 0 radical (unpaired) electrons. The highest BCUT2D eigenvalue weighted by Crippen LogP contribution is 2.41. The van der Waals surface area contributed by atoms with Crippen molar-refractivity contribution in [2.75, 3.05) is 0 Å². The molecule has 1 atom stereocenters. The number of aromatic nitrogens is 2. The Morgan fingerprint density at radius 2 is 2.26 bits per heavy atom. The monoisotopic (exact) mass is 258 g/mol. The maximum Gasteiger partial charge on any atom is 0.337 e. The van der Waals surface area contributed by atoms with Gasteiger partial charge in [-0.05, 0) is 37.8 Å². The quantitative estimate of drug-likeness (QED) is 0.915. The van der Waals surface area contributed by atoms with Crippen LogP contribution < -0.4 is 0 Å². The number of benzene rings is 1.